The van der Waals surface area contributed by atoms with Crippen LogP contribution in [0.5, 0.6) is 0 Å². The van der Waals surface area contributed by atoms with Crippen molar-refractivity contribution in [1.29, 1.82) is 0 Å². The van der Waals surface area contributed by atoms with Crippen LogP contribution in [-0.4, -0.2) is 25.7 Å². The Kier molecular flexibility index (Phi) is 5.13. The number of hydrogen-bond acceptors (Lipinski definition) is 5. The zero-order valence-electron chi connectivity index (χ0n) is 16.6. The second kappa shape index (κ2) is 7.73. The van der Waals surface area contributed by atoms with E-state index in [-0.39, 0.29) is 11.5 Å². The van der Waals surface area contributed by atoms with Crippen molar-refractivity contribution in [2.24, 2.45) is 0 Å². The fourth-order valence-corrected chi connectivity index (χ4v) is 3.97. The van der Waals surface area contributed by atoms with Gasteiger partial charge in [-0.15, -0.1) is 0 Å². The number of ether oxygens (including phenoxy) is 1. The smallest absolute Gasteiger partial charge is 0.414 e. The molecule has 1 aliphatic heterocycles. The van der Waals surface area contributed by atoms with Gasteiger partial charge in [0.05, 0.1) is 12.8 Å². The van der Waals surface area contributed by atoms with Crippen LogP contribution in [0.4, 0.5) is 16.2 Å². The average molecular weight is 396 g/mol. The van der Waals surface area contributed by atoms with Crippen LogP contribution in [0.25, 0.3) is 0 Å². The summed E-state index contributed by atoms with van der Waals surface area (Å²) in [6.07, 6.45) is 4.38. The monoisotopic (exact) mass is 396 g/mol. The Bertz CT molecular complexity index is 1020. The summed E-state index contributed by atoms with van der Waals surface area (Å²) in [7, 11) is 1.36. The molecule has 1 fully saturated rings. The molecule has 152 valence electrons. The van der Waals surface area contributed by atoms with Crippen LogP contribution >= 0.6 is 0 Å². The van der Waals surface area contributed by atoms with Gasteiger partial charge in [0.15, 0.2) is 0 Å². The molecule has 2 aromatic rings. The fourth-order valence-electron chi connectivity index (χ4n) is 3.97. The van der Waals surface area contributed by atoms with E-state index in [1.165, 1.54) is 7.11 Å². The molecule has 0 unspecified atom stereocenters. The third-order valence-electron chi connectivity index (χ3n) is 5.75. The van der Waals surface area contributed by atoms with Crippen molar-refractivity contribution in [2.75, 3.05) is 23.9 Å². The standard InChI is InChI=1S/C22H24N2O5/c1-13-11-18(14-5-3-6-14)29-21(26)19(13)20(25)23-16-8-9-17-15(12-16)7-4-10-24(17)22(27)28-2/h8-9,11-12,14H,3-7,10H2,1-2H3,(H,23,25). The predicted molar refractivity (Wildman–Crippen MR) is 109 cm³/mol. The summed E-state index contributed by atoms with van der Waals surface area (Å²) in [5.41, 5.74) is 2.35. The number of hydrogen-bond donors (Lipinski definition) is 1. The van der Waals surface area contributed by atoms with Gasteiger partial charge in [-0.2, -0.15) is 0 Å². The first-order valence-corrected chi connectivity index (χ1v) is 9.92. The summed E-state index contributed by atoms with van der Waals surface area (Å²) < 4.78 is 10.3. The minimum absolute atomic E-state index is 0.0296. The van der Waals surface area contributed by atoms with Crippen LogP contribution in [0.2, 0.25) is 0 Å². The first kappa shape index (κ1) is 19.2. The van der Waals surface area contributed by atoms with Gasteiger partial charge in [-0.1, -0.05) is 6.42 Å². The zero-order valence-corrected chi connectivity index (χ0v) is 16.6. The maximum Gasteiger partial charge on any atom is 0.414 e. The Morgan fingerprint density at radius 3 is 2.66 bits per heavy atom. The summed E-state index contributed by atoms with van der Waals surface area (Å²) in [6.45, 7) is 2.36. The normalized spacial score (nSPS) is 16.0. The van der Waals surface area contributed by atoms with Gasteiger partial charge in [0.2, 0.25) is 0 Å². The lowest BCUT2D eigenvalue weighted by Gasteiger charge is -2.28. The summed E-state index contributed by atoms with van der Waals surface area (Å²) >= 11 is 0. The molecular weight excluding hydrogens is 372 g/mol. The van der Waals surface area contributed by atoms with E-state index in [9.17, 15) is 14.4 Å². The number of amides is 2. The third-order valence-corrected chi connectivity index (χ3v) is 5.75. The summed E-state index contributed by atoms with van der Waals surface area (Å²) in [6, 6.07) is 7.15. The Morgan fingerprint density at radius 2 is 2.00 bits per heavy atom. The first-order chi connectivity index (χ1) is 14.0. The first-order valence-electron chi connectivity index (χ1n) is 9.92. The van der Waals surface area contributed by atoms with E-state index in [0.717, 1.165) is 43.4 Å². The van der Waals surface area contributed by atoms with E-state index in [2.05, 4.69) is 5.32 Å². The zero-order chi connectivity index (χ0) is 20.5. The maximum absolute atomic E-state index is 12.8. The van der Waals surface area contributed by atoms with E-state index in [1.807, 2.05) is 6.07 Å². The van der Waals surface area contributed by atoms with Gasteiger partial charge >= 0.3 is 11.7 Å². The number of nitrogens with one attached hydrogen (secondary N) is 1. The maximum atomic E-state index is 12.8. The lowest BCUT2D eigenvalue weighted by atomic mass is 9.83. The molecular formula is C22H24N2O5. The molecule has 1 N–H and O–H groups in total. The molecule has 0 atom stereocenters. The van der Waals surface area contributed by atoms with Crippen molar-refractivity contribution in [1.82, 2.24) is 0 Å². The molecule has 1 aromatic carbocycles. The van der Waals surface area contributed by atoms with Crippen LogP contribution in [0.3, 0.4) is 0 Å². The van der Waals surface area contributed by atoms with Gasteiger partial charge in [-0.05, 0) is 68.0 Å². The number of rotatable bonds is 3. The highest BCUT2D eigenvalue weighted by molar-refractivity contribution is 6.05. The van der Waals surface area contributed by atoms with Crippen LogP contribution in [0, 0.1) is 6.92 Å². The highest BCUT2D eigenvalue weighted by Gasteiger charge is 2.26. The van der Waals surface area contributed by atoms with Crippen molar-refractivity contribution in [2.45, 2.75) is 44.9 Å². The largest absolute Gasteiger partial charge is 0.452 e. The minimum Gasteiger partial charge on any atom is -0.452 e. The molecule has 0 saturated heterocycles. The minimum atomic E-state index is -0.598. The van der Waals surface area contributed by atoms with Gasteiger partial charge in [0.1, 0.15) is 11.3 Å². The molecule has 7 heteroatoms. The molecule has 2 heterocycles. The van der Waals surface area contributed by atoms with Gasteiger partial charge in [-0.3, -0.25) is 9.69 Å². The molecule has 0 bridgehead atoms. The van der Waals surface area contributed by atoms with Crippen LogP contribution < -0.4 is 15.8 Å². The Hall–Kier alpha value is -3.09. The highest BCUT2D eigenvalue weighted by atomic mass is 16.5. The Morgan fingerprint density at radius 1 is 1.21 bits per heavy atom. The molecule has 0 spiro atoms. The van der Waals surface area contributed by atoms with Gasteiger partial charge in [-0.25, -0.2) is 9.59 Å². The summed E-state index contributed by atoms with van der Waals surface area (Å²) in [4.78, 5) is 38.7. The number of nitrogens with zero attached hydrogens (tertiary/aromatic N) is 1. The second-order valence-corrected chi connectivity index (χ2v) is 7.64. The van der Waals surface area contributed by atoms with Crippen molar-refractivity contribution in [3.63, 3.8) is 0 Å². The number of aryl methyl sites for hydroxylation is 2. The van der Waals surface area contributed by atoms with Crippen molar-refractivity contribution in [3.8, 4) is 0 Å². The predicted octanol–water partition coefficient (Wildman–Crippen LogP) is 3.99. The fraction of sp³-hybridized carbons (Fsp3) is 0.409. The Labute approximate surface area is 168 Å². The van der Waals surface area contributed by atoms with Crippen LogP contribution in [0.15, 0.2) is 33.5 Å². The van der Waals surface area contributed by atoms with Gasteiger partial charge < -0.3 is 14.5 Å². The number of benzene rings is 1. The number of fused-ring (bicyclic) bond motifs is 1. The molecule has 1 saturated carbocycles. The molecule has 4 rings (SSSR count). The lowest BCUT2D eigenvalue weighted by Crippen LogP contribution is -2.35. The molecule has 2 amide bonds. The van der Waals surface area contributed by atoms with Gasteiger partial charge in [0, 0.05) is 18.2 Å². The number of anilines is 2. The van der Waals surface area contributed by atoms with E-state index >= 15 is 0 Å². The number of carbonyl (C=O) groups is 2. The van der Waals surface area contributed by atoms with E-state index in [0.29, 0.717) is 23.6 Å². The average Bonchev–Trinajstić information content (AvgIpc) is 2.64. The van der Waals surface area contributed by atoms with Crippen molar-refractivity contribution in [3.05, 3.63) is 57.1 Å². The lowest BCUT2D eigenvalue weighted by molar-refractivity contribution is 0.102. The Balaban J connectivity index is 1.56. The quantitative estimate of drug-likeness (QED) is 0.847. The molecule has 7 nitrogen and oxygen atoms in total. The summed E-state index contributed by atoms with van der Waals surface area (Å²) in [5.74, 6) is 0.473. The molecule has 0 radical (unpaired) electrons. The third kappa shape index (κ3) is 3.64. The summed E-state index contributed by atoms with van der Waals surface area (Å²) in [5, 5.41) is 2.79. The number of methoxy groups -OCH3 is 1. The molecule has 1 aliphatic carbocycles. The molecule has 29 heavy (non-hydrogen) atoms. The van der Waals surface area contributed by atoms with E-state index < -0.39 is 17.6 Å². The van der Waals surface area contributed by atoms with Crippen molar-refractivity contribution >= 4 is 23.4 Å². The topological polar surface area (TPSA) is 88.8 Å². The van der Waals surface area contributed by atoms with E-state index in [1.54, 1.807) is 30.0 Å². The van der Waals surface area contributed by atoms with Crippen molar-refractivity contribution < 1.29 is 18.7 Å². The van der Waals surface area contributed by atoms with E-state index in [4.69, 9.17) is 9.15 Å². The van der Waals surface area contributed by atoms with Crippen LogP contribution in [0.1, 0.15) is 58.8 Å². The SMILES string of the molecule is COC(=O)N1CCCc2cc(NC(=O)c3c(C)cc(C4CCC4)oc3=O)ccc21. The second-order valence-electron chi connectivity index (χ2n) is 7.64. The molecule has 2 aliphatic rings. The van der Waals surface area contributed by atoms with Crippen LogP contribution in [-0.2, 0) is 11.2 Å². The molecule has 1 aromatic heterocycles. The van der Waals surface area contributed by atoms with Gasteiger partial charge in [0.25, 0.3) is 5.91 Å². The highest BCUT2D eigenvalue weighted by Crippen LogP contribution is 2.36. The number of carbonyl (C=O) groups excluding carboxylic acids is 2.